The molecule has 0 saturated heterocycles. The van der Waals surface area contributed by atoms with Gasteiger partial charge in [-0.05, 0) is 62.3 Å². The van der Waals surface area contributed by atoms with Gasteiger partial charge in [0.15, 0.2) is 0 Å². The summed E-state index contributed by atoms with van der Waals surface area (Å²) in [6, 6.07) is 8.27. The summed E-state index contributed by atoms with van der Waals surface area (Å²) in [6.45, 7) is 3.89. The van der Waals surface area contributed by atoms with Gasteiger partial charge in [-0.25, -0.2) is 9.50 Å². The van der Waals surface area contributed by atoms with Gasteiger partial charge < -0.3 is 5.32 Å². The van der Waals surface area contributed by atoms with Crippen molar-refractivity contribution < 1.29 is 4.79 Å². The van der Waals surface area contributed by atoms with Gasteiger partial charge in [0, 0.05) is 11.9 Å². The van der Waals surface area contributed by atoms with E-state index in [1.165, 1.54) is 24.0 Å². The Morgan fingerprint density at radius 1 is 1.20 bits per heavy atom. The number of aromatic nitrogens is 4. The molecule has 0 aliphatic heterocycles. The minimum Gasteiger partial charge on any atom is -0.343 e. The van der Waals surface area contributed by atoms with E-state index in [1.54, 1.807) is 10.7 Å². The molecule has 1 atom stereocenters. The zero-order valence-corrected chi connectivity index (χ0v) is 14.5. The van der Waals surface area contributed by atoms with Crippen molar-refractivity contribution in [2.45, 2.75) is 45.6 Å². The highest BCUT2D eigenvalue weighted by Crippen LogP contribution is 2.24. The van der Waals surface area contributed by atoms with E-state index in [-0.39, 0.29) is 17.8 Å². The summed E-state index contributed by atoms with van der Waals surface area (Å²) in [7, 11) is 0. The van der Waals surface area contributed by atoms with E-state index < -0.39 is 0 Å². The molecule has 1 aliphatic carbocycles. The van der Waals surface area contributed by atoms with Crippen LogP contribution < -0.4 is 5.32 Å². The molecule has 1 aromatic carbocycles. The van der Waals surface area contributed by atoms with Gasteiger partial charge in [0.25, 0.3) is 11.7 Å². The van der Waals surface area contributed by atoms with Crippen LogP contribution in [0.15, 0.2) is 30.5 Å². The number of carbonyl (C=O) groups excluding carboxylic acids is 1. The molecule has 6 heteroatoms. The summed E-state index contributed by atoms with van der Waals surface area (Å²) in [4.78, 5) is 20.9. The smallest absolute Gasteiger partial charge is 0.291 e. The minimum absolute atomic E-state index is 0.0969. The Hall–Kier alpha value is -2.76. The second kappa shape index (κ2) is 6.27. The van der Waals surface area contributed by atoms with Crippen LogP contribution in [0.4, 0.5) is 0 Å². The van der Waals surface area contributed by atoms with Crippen LogP contribution in [-0.2, 0) is 12.8 Å². The van der Waals surface area contributed by atoms with Crippen molar-refractivity contribution in [2.24, 2.45) is 0 Å². The third-order valence-corrected chi connectivity index (χ3v) is 4.85. The summed E-state index contributed by atoms with van der Waals surface area (Å²) >= 11 is 0. The predicted molar refractivity (Wildman–Crippen MR) is 94.5 cm³/mol. The number of nitrogens with zero attached hydrogens (tertiary/aromatic N) is 4. The quantitative estimate of drug-likeness (QED) is 0.799. The van der Waals surface area contributed by atoms with Crippen molar-refractivity contribution in [3.63, 3.8) is 0 Å². The highest BCUT2D eigenvalue weighted by Gasteiger charge is 2.18. The molecule has 1 amide bonds. The molecular weight excluding hydrogens is 314 g/mol. The highest BCUT2D eigenvalue weighted by atomic mass is 16.2. The Morgan fingerprint density at radius 3 is 2.80 bits per heavy atom. The first kappa shape index (κ1) is 15.7. The van der Waals surface area contributed by atoms with Crippen LogP contribution in [0.5, 0.6) is 0 Å². The van der Waals surface area contributed by atoms with Crippen LogP contribution in [0, 0.1) is 6.92 Å². The molecule has 6 nitrogen and oxygen atoms in total. The standard InChI is InChI=1S/C19H21N5O/c1-12-9-10-20-19-22-17(23-24(12)19)18(25)21-13(2)15-8-7-14-5-3-4-6-16(14)11-15/h7-11,13H,3-6H2,1-2H3,(H,21,25). The van der Waals surface area contributed by atoms with E-state index in [0.717, 1.165) is 24.1 Å². The highest BCUT2D eigenvalue weighted by molar-refractivity contribution is 5.91. The Labute approximate surface area is 146 Å². The first-order valence-corrected chi connectivity index (χ1v) is 8.73. The monoisotopic (exact) mass is 335 g/mol. The lowest BCUT2D eigenvalue weighted by molar-refractivity contribution is 0.0929. The molecule has 1 aliphatic rings. The molecule has 1 unspecified atom stereocenters. The lowest BCUT2D eigenvalue weighted by atomic mass is 9.89. The second-order valence-electron chi connectivity index (χ2n) is 6.66. The average molecular weight is 335 g/mol. The summed E-state index contributed by atoms with van der Waals surface area (Å²) in [6.07, 6.45) is 6.47. The molecule has 25 heavy (non-hydrogen) atoms. The lowest BCUT2D eigenvalue weighted by Crippen LogP contribution is -2.28. The van der Waals surface area contributed by atoms with Crippen LogP contribution >= 0.6 is 0 Å². The number of hydrogen-bond donors (Lipinski definition) is 1. The van der Waals surface area contributed by atoms with Crippen LogP contribution in [0.1, 0.15) is 58.8 Å². The number of aryl methyl sites for hydroxylation is 3. The summed E-state index contributed by atoms with van der Waals surface area (Å²) < 4.78 is 1.58. The van der Waals surface area contributed by atoms with E-state index in [9.17, 15) is 4.79 Å². The summed E-state index contributed by atoms with van der Waals surface area (Å²) in [5.41, 5.74) is 4.86. The number of hydrogen-bond acceptors (Lipinski definition) is 4. The van der Waals surface area contributed by atoms with E-state index >= 15 is 0 Å². The molecule has 0 bridgehead atoms. The third kappa shape index (κ3) is 2.99. The molecule has 0 spiro atoms. The molecule has 3 aromatic rings. The Morgan fingerprint density at radius 2 is 2.00 bits per heavy atom. The maximum Gasteiger partial charge on any atom is 0.291 e. The van der Waals surface area contributed by atoms with Crippen LogP contribution in [-0.4, -0.2) is 25.5 Å². The van der Waals surface area contributed by atoms with Gasteiger partial charge in [-0.2, -0.15) is 4.98 Å². The first-order valence-electron chi connectivity index (χ1n) is 8.73. The Balaban J connectivity index is 1.54. The van der Waals surface area contributed by atoms with E-state index in [1.807, 2.05) is 19.9 Å². The van der Waals surface area contributed by atoms with E-state index in [2.05, 4.69) is 38.6 Å². The maximum atomic E-state index is 12.5. The normalized spacial score (nSPS) is 15.0. The first-order chi connectivity index (χ1) is 12.1. The summed E-state index contributed by atoms with van der Waals surface area (Å²) in [5, 5.41) is 7.25. The Kier molecular flexibility index (Phi) is 3.95. The third-order valence-electron chi connectivity index (χ3n) is 4.85. The second-order valence-corrected chi connectivity index (χ2v) is 6.66. The van der Waals surface area contributed by atoms with Crippen LogP contribution in [0.3, 0.4) is 0 Å². The number of benzene rings is 1. The van der Waals surface area contributed by atoms with E-state index in [4.69, 9.17) is 0 Å². The molecule has 0 saturated carbocycles. The van der Waals surface area contributed by atoms with Gasteiger partial charge >= 0.3 is 0 Å². The topological polar surface area (TPSA) is 72.2 Å². The van der Waals surface area contributed by atoms with Gasteiger partial charge in [-0.3, -0.25) is 4.79 Å². The summed E-state index contributed by atoms with van der Waals surface area (Å²) in [5.74, 6) is 0.299. The van der Waals surface area contributed by atoms with Gasteiger partial charge in [0.2, 0.25) is 5.82 Å². The molecular formula is C19H21N5O. The minimum atomic E-state index is -0.282. The molecule has 128 valence electrons. The fraction of sp³-hybridized carbons (Fsp3) is 0.368. The number of carbonyl (C=O) groups is 1. The fourth-order valence-corrected chi connectivity index (χ4v) is 3.37. The average Bonchev–Trinajstić information content (AvgIpc) is 3.07. The number of rotatable bonds is 3. The Bertz CT molecular complexity index is 946. The number of fused-ring (bicyclic) bond motifs is 2. The molecule has 0 fully saturated rings. The molecule has 0 radical (unpaired) electrons. The van der Waals surface area contributed by atoms with Crippen molar-refractivity contribution in [3.05, 3.63) is 58.7 Å². The number of nitrogens with one attached hydrogen (secondary N) is 1. The zero-order valence-electron chi connectivity index (χ0n) is 14.5. The fourth-order valence-electron chi connectivity index (χ4n) is 3.37. The van der Waals surface area contributed by atoms with Gasteiger partial charge in [0.1, 0.15) is 0 Å². The SMILES string of the molecule is Cc1ccnc2nc(C(=O)NC(C)c3ccc4c(c3)CCCC4)nn12. The predicted octanol–water partition coefficient (Wildman–Crippen LogP) is 2.80. The van der Waals surface area contributed by atoms with E-state index in [0.29, 0.717) is 5.78 Å². The molecule has 2 heterocycles. The van der Waals surface area contributed by atoms with Gasteiger partial charge in [0.05, 0.1) is 6.04 Å². The van der Waals surface area contributed by atoms with Crippen molar-refractivity contribution in [2.75, 3.05) is 0 Å². The largest absolute Gasteiger partial charge is 0.343 e. The van der Waals surface area contributed by atoms with Crippen molar-refractivity contribution in [1.82, 2.24) is 24.9 Å². The molecule has 1 N–H and O–H groups in total. The molecule has 4 rings (SSSR count). The van der Waals surface area contributed by atoms with Crippen molar-refractivity contribution in [1.29, 1.82) is 0 Å². The van der Waals surface area contributed by atoms with Crippen LogP contribution in [0.25, 0.3) is 5.78 Å². The zero-order chi connectivity index (χ0) is 17.4. The van der Waals surface area contributed by atoms with Crippen molar-refractivity contribution >= 4 is 11.7 Å². The molecule has 2 aromatic heterocycles. The lowest BCUT2D eigenvalue weighted by Gasteiger charge is -2.19. The number of amides is 1. The van der Waals surface area contributed by atoms with Gasteiger partial charge in [-0.15, -0.1) is 5.10 Å². The van der Waals surface area contributed by atoms with Crippen LogP contribution in [0.2, 0.25) is 0 Å². The maximum absolute atomic E-state index is 12.5. The van der Waals surface area contributed by atoms with Gasteiger partial charge in [-0.1, -0.05) is 18.2 Å². The van der Waals surface area contributed by atoms with Crippen molar-refractivity contribution in [3.8, 4) is 0 Å².